The Kier molecular flexibility index (Phi) is 10.5. The summed E-state index contributed by atoms with van der Waals surface area (Å²) in [5.74, 6) is 0.717. The molecule has 0 aromatic carbocycles. The van der Waals surface area contributed by atoms with E-state index in [4.69, 9.17) is 9.47 Å². The van der Waals surface area contributed by atoms with Gasteiger partial charge in [-0.15, -0.1) is 0 Å². The third-order valence-corrected chi connectivity index (χ3v) is 4.46. The number of ether oxygens (including phenoxy) is 2. The fourth-order valence-corrected chi connectivity index (χ4v) is 2.04. The number of hydrogen-bond donors (Lipinski definition) is 1. The van der Waals surface area contributed by atoms with E-state index >= 15 is 0 Å². The maximum atomic E-state index is 11.4. The van der Waals surface area contributed by atoms with Crippen molar-refractivity contribution in [1.29, 1.82) is 0 Å². The van der Waals surface area contributed by atoms with E-state index in [-0.39, 0.29) is 0 Å². The van der Waals surface area contributed by atoms with E-state index in [9.17, 15) is 8.42 Å². The van der Waals surface area contributed by atoms with Crippen LogP contribution in [0.15, 0.2) is 0 Å². The summed E-state index contributed by atoms with van der Waals surface area (Å²) >= 11 is 0. The molecule has 0 fully saturated rings. The molecule has 0 rings (SSSR count). The van der Waals surface area contributed by atoms with Gasteiger partial charge in [0.25, 0.3) is 0 Å². The lowest BCUT2D eigenvalue weighted by Gasteiger charge is -2.10. The molecule has 0 radical (unpaired) electrons. The Hall–Kier alpha value is -0.170. The molecule has 0 atom stereocenters. The standard InChI is InChI=1S/C13H29NO4S/c1-12(2)6-5-8-17-10-11-18-9-7-14-19(15,16)13(3)4/h12-14H,5-11H2,1-4H3. The van der Waals surface area contributed by atoms with E-state index in [1.807, 2.05) is 0 Å². The van der Waals surface area contributed by atoms with Crippen LogP contribution >= 0.6 is 0 Å². The van der Waals surface area contributed by atoms with Crippen LogP contribution in [0.25, 0.3) is 0 Å². The molecule has 1 N–H and O–H groups in total. The average molecular weight is 295 g/mol. The normalized spacial score (nSPS) is 12.5. The maximum Gasteiger partial charge on any atom is 0.214 e. The summed E-state index contributed by atoms with van der Waals surface area (Å²) in [7, 11) is -3.17. The van der Waals surface area contributed by atoms with Gasteiger partial charge in [-0.3, -0.25) is 0 Å². The van der Waals surface area contributed by atoms with Gasteiger partial charge in [-0.25, -0.2) is 13.1 Å². The van der Waals surface area contributed by atoms with Gasteiger partial charge in [0.15, 0.2) is 0 Å². The zero-order valence-electron chi connectivity index (χ0n) is 12.6. The lowest BCUT2D eigenvalue weighted by Crippen LogP contribution is -2.33. The van der Waals surface area contributed by atoms with Crippen LogP contribution in [-0.4, -0.2) is 46.6 Å². The molecule has 19 heavy (non-hydrogen) atoms. The molecule has 0 saturated heterocycles. The summed E-state index contributed by atoms with van der Waals surface area (Å²) in [4.78, 5) is 0. The van der Waals surface area contributed by atoms with Crippen molar-refractivity contribution in [2.75, 3.05) is 33.0 Å². The molecule has 0 aliphatic carbocycles. The van der Waals surface area contributed by atoms with Crippen LogP contribution in [0.5, 0.6) is 0 Å². The lowest BCUT2D eigenvalue weighted by atomic mass is 10.1. The van der Waals surface area contributed by atoms with E-state index in [0.29, 0.717) is 32.3 Å². The Morgan fingerprint density at radius 1 is 0.947 bits per heavy atom. The van der Waals surface area contributed by atoms with Crippen LogP contribution in [0.4, 0.5) is 0 Å². The topological polar surface area (TPSA) is 64.6 Å². The largest absolute Gasteiger partial charge is 0.379 e. The second kappa shape index (κ2) is 10.6. The Balaban J connectivity index is 3.28. The van der Waals surface area contributed by atoms with Crippen LogP contribution < -0.4 is 4.72 Å². The first-order valence-corrected chi connectivity index (χ1v) is 8.55. The van der Waals surface area contributed by atoms with Crippen molar-refractivity contribution in [2.45, 2.75) is 45.8 Å². The van der Waals surface area contributed by atoms with Crippen molar-refractivity contribution >= 4 is 10.0 Å². The van der Waals surface area contributed by atoms with Crippen molar-refractivity contribution in [3.05, 3.63) is 0 Å². The summed E-state index contributed by atoms with van der Waals surface area (Å²) in [6.45, 7) is 10.2. The molecule has 0 aromatic rings. The molecule has 0 spiro atoms. The van der Waals surface area contributed by atoms with Crippen molar-refractivity contribution < 1.29 is 17.9 Å². The molecule has 0 saturated carbocycles. The first-order chi connectivity index (χ1) is 8.86. The third kappa shape index (κ3) is 11.4. The monoisotopic (exact) mass is 295 g/mol. The van der Waals surface area contributed by atoms with Crippen molar-refractivity contribution in [1.82, 2.24) is 4.72 Å². The summed E-state index contributed by atoms with van der Waals surface area (Å²) in [6, 6.07) is 0. The Morgan fingerprint density at radius 3 is 2.05 bits per heavy atom. The molecule has 0 aromatic heterocycles. The molecule has 0 aliphatic heterocycles. The lowest BCUT2D eigenvalue weighted by molar-refractivity contribution is 0.0478. The zero-order valence-corrected chi connectivity index (χ0v) is 13.5. The minimum Gasteiger partial charge on any atom is -0.379 e. The average Bonchev–Trinajstić information content (AvgIpc) is 2.30. The minimum absolute atomic E-state index is 0.313. The number of hydrogen-bond acceptors (Lipinski definition) is 4. The SMILES string of the molecule is CC(C)CCCOCCOCCNS(=O)(=O)C(C)C. The quantitative estimate of drug-likeness (QED) is 0.557. The van der Waals surface area contributed by atoms with Gasteiger partial charge in [-0.1, -0.05) is 13.8 Å². The highest BCUT2D eigenvalue weighted by Gasteiger charge is 2.13. The van der Waals surface area contributed by atoms with Crippen LogP contribution in [0.3, 0.4) is 0 Å². The smallest absolute Gasteiger partial charge is 0.214 e. The van der Waals surface area contributed by atoms with Gasteiger partial charge in [-0.05, 0) is 32.6 Å². The van der Waals surface area contributed by atoms with E-state index in [2.05, 4.69) is 18.6 Å². The van der Waals surface area contributed by atoms with Crippen molar-refractivity contribution in [3.8, 4) is 0 Å². The summed E-state index contributed by atoms with van der Waals surface area (Å²) < 4.78 is 36.0. The first kappa shape index (κ1) is 18.8. The number of sulfonamides is 1. The molecular weight excluding hydrogens is 266 g/mol. The predicted molar refractivity (Wildman–Crippen MR) is 77.8 cm³/mol. The molecule has 6 heteroatoms. The summed E-state index contributed by atoms with van der Waals surface area (Å²) in [5.41, 5.74) is 0. The van der Waals surface area contributed by atoms with E-state index in [0.717, 1.165) is 13.0 Å². The molecule has 0 unspecified atom stereocenters. The van der Waals surface area contributed by atoms with Gasteiger partial charge in [0.2, 0.25) is 10.0 Å². The molecule has 0 heterocycles. The Morgan fingerprint density at radius 2 is 1.53 bits per heavy atom. The van der Waals surface area contributed by atoms with Crippen molar-refractivity contribution in [3.63, 3.8) is 0 Å². The maximum absolute atomic E-state index is 11.4. The van der Waals surface area contributed by atoms with Crippen molar-refractivity contribution in [2.24, 2.45) is 5.92 Å². The van der Waals surface area contributed by atoms with Crippen LogP contribution in [0, 0.1) is 5.92 Å². The van der Waals surface area contributed by atoms with E-state index in [1.54, 1.807) is 13.8 Å². The van der Waals surface area contributed by atoms with Crippen LogP contribution in [0.2, 0.25) is 0 Å². The van der Waals surface area contributed by atoms with Gasteiger partial charge in [0, 0.05) is 13.2 Å². The van der Waals surface area contributed by atoms with Gasteiger partial charge in [-0.2, -0.15) is 0 Å². The predicted octanol–water partition coefficient (Wildman–Crippen LogP) is 1.78. The Labute approximate surface area is 118 Å². The molecule has 0 bridgehead atoms. The van der Waals surface area contributed by atoms with Gasteiger partial charge in [0.1, 0.15) is 0 Å². The van der Waals surface area contributed by atoms with Gasteiger partial charge < -0.3 is 9.47 Å². The first-order valence-electron chi connectivity index (χ1n) is 7.00. The number of nitrogens with one attached hydrogen (secondary N) is 1. The van der Waals surface area contributed by atoms with Crippen LogP contribution in [0.1, 0.15) is 40.5 Å². The van der Waals surface area contributed by atoms with E-state index < -0.39 is 15.3 Å². The minimum atomic E-state index is -3.17. The highest BCUT2D eigenvalue weighted by molar-refractivity contribution is 7.90. The molecular formula is C13H29NO4S. The second-order valence-electron chi connectivity index (χ2n) is 5.25. The highest BCUT2D eigenvalue weighted by Crippen LogP contribution is 2.02. The molecule has 5 nitrogen and oxygen atoms in total. The fraction of sp³-hybridized carbons (Fsp3) is 1.00. The third-order valence-electron chi connectivity index (χ3n) is 2.61. The fourth-order valence-electron chi connectivity index (χ4n) is 1.34. The van der Waals surface area contributed by atoms with Gasteiger partial charge >= 0.3 is 0 Å². The van der Waals surface area contributed by atoms with Gasteiger partial charge in [0.05, 0.1) is 25.1 Å². The highest BCUT2D eigenvalue weighted by atomic mass is 32.2. The summed E-state index contributed by atoms with van der Waals surface area (Å²) in [5, 5.41) is -0.406. The second-order valence-corrected chi connectivity index (χ2v) is 7.57. The molecule has 0 amide bonds. The number of rotatable bonds is 12. The summed E-state index contributed by atoms with van der Waals surface area (Å²) in [6.07, 6.45) is 2.25. The molecule has 116 valence electrons. The Bertz CT molecular complexity index is 302. The van der Waals surface area contributed by atoms with Crippen LogP contribution in [-0.2, 0) is 19.5 Å². The molecule has 0 aliphatic rings. The zero-order chi connectivity index (χ0) is 14.7. The van der Waals surface area contributed by atoms with E-state index in [1.165, 1.54) is 6.42 Å².